The van der Waals surface area contributed by atoms with Gasteiger partial charge in [0.1, 0.15) is 23.0 Å². The van der Waals surface area contributed by atoms with Gasteiger partial charge in [-0.25, -0.2) is 12.8 Å². The Labute approximate surface area is 165 Å². The Morgan fingerprint density at radius 3 is 2.31 bits per heavy atom. The molecule has 0 aliphatic rings. The van der Waals surface area contributed by atoms with Gasteiger partial charge in [0.15, 0.2) is 0 Å². The number of amides is 1. The highest BCUT2D eigenvalue weighted by Gasteiger charge is 2.34. The standard InChI is InChI=1S/C18H20F4N2O4S/c1-3-24(4-2)29(26,27)16-10-13(7-8-15(16)19)17(25)23(12-18(20,21)22)11-14-6-5-9-28-14/h5-10H,3-4,11-12H2,1-2H3. The lowest BCUT2D eigenvalue weighted by molar-refractivity contribution is -0.142. The molecule has 6 nitrogen and oxygen atoms in total. The quantitative estimate of drug-likeness (QED) is 0.593. The Morgan fingerprint density at radius 2 is 1.79 bits per heavy atom. The third kappa shape index (κ3) is 5.57. The topological polar surface area (TPSA) is 70.8 Å². The summed E-state index contributed by atoms with van der Waals surface area (Å²) in [6, 6.07) is 5.32. The smallest absolute Gasteiger partial charge is 0.406 e. The van der Waals surface area contributed by atoms with Crippen LogP contribution in [0.5, 0.6) is 0 Å². The SMILES string of the molecule is CCN(CC)S(=O)(=O)c1cc(C(=O)N(Cc2ccco2)CC(F)(F)F)ccc1F. The van der Waals surface area contributed by atoms with Crippen molar-refractivity contribution in [2.24, 2.45) is 0 Å². The first kappa shape index (κ1) is 22.9. The van der Waals surface area contributed by atoms with Gasteiger partial charge in [-0.2, -0.15) is 17.5 Å². The largest absolute Gasteiger partial charge is 0.467 e. The van der Waals surface area contributed by atoms with Crippen LogP contribution in [0.1, 0.15) is 30.0 Å². The van der Waals surface area contributed by atoms with E-state index in [9.17, 15) is 30.8 Å². The molecule has 1 aromatic carbocycles. The number of carbonyl (C=O) groups is 1. The van der Waals surface area contributed by atoms with Crippen molar-refractivity contribution in [2.75, 3.05) is 19.6 Å². The van der Waals surface area contributed by atoms with E-state index in [1.807, 2.05) is 0 Å². The molecule has 2 rings (SSSR count). The van der Waals surface area contributed by atoms with Gasteiger partial charge < -0.3 is 9.32 Å². The fourth-order valence-corrected chi connectivity index (χ4v) is 4.27. The summed E-state index contributed by atoms with van der Waals surface area (Å²) in [6.45, 7) is 1.18. The van der Waals surface area contributed by atoms with Gasteiger partial charge in [-0.1, -0.05) is 13.8 Å². The zero-order valence-electron chi connectivity index (χ0n) is 15.7. The Balaban J connectivity index is 2.44. The summed E-state index contributed by atoms with van der Waals surface area (Å²) < 4.78 is 84.3. The average molecular weight is 436 g/mol. The van der Waals surface area contributed by atoms with E-state index in [1.165, 1.54) is 18.4 Å². The molecule has 0 atom stereocenters. The molecule has 0 bridgehead atoms. The van der Waals surface area contributed by atoms with Crippen LogP contribution in [-0.2, 0) is 16.6 Å². The summed E-state index contributed by atoms with van der Waals surface area (Å²) in [7, 11) is -4.25. The fraction of sp³-hybridized carbons (Fsp3) is 0.389. The number of rotatable bonds is 8. The molecule has 0 aliphatic carbocycles. The lowest BCUT2D eigenvalue weighted by atomic mass is 10.2. The summed E-state index contributed by atoms with van der Waals surface area (Å²) in [5, 5.41) is 0. The van der Waals surface area contributed by atoms with Crippen molar-refractivity contribution in [1.29, 1.82) is 0 Å². The predicted octanol–water partition coefficient (Wildman–Crippen LogP) is 3.65. The lowest BCUT2D eigenvalue weighted by Crippen LogP contribution is -2.38. The van der Waals surface area contributed by atoms with Gasteiger partial charge in [0.05, 0.1) is 12.8 Å². The van der Waals surface area contributed by atoms with Gasteiger partial charge in [0, 0.05) is 18.7 Å². The molecule has 0 saturated carbocycles. The maximum absolute atomic E-state index is 14.2. The van der Waals surface area contributed by atoms with Crippen LogP contribution in [0, 0.1) is 5.82 Å². The third-order valence-corrected chi connectivity index (χ3v) is 6.15. The molecule has 0 spiro atoms. The molecule has 0 unspecified atom stereocenters. The lowest BCUT2D eigenvalue weighted by Gasteiger charge is -2.24. The number of sulfonamides is 1. The molecule has 0 N–H and O–H groups in total. The molecule has 11 heteroatoms. The van der Waals surface area contributed by atoms with Gasteiger partial charge in [0.2, 0.25) is 10.0 Å². The maximum atomic E-state index is 14.2. The molecular weight excluding hydrogens is 416 g/mol. The summed E-state index contributed by atoms with van der Waals surface area (Å²) in [4.78, 5) is 12.4. The highest BCUT2D eigenvalue weighted by molar-refractivity contribution is 7.89. The molecule has 0 saturated heterocycles. The molecule has 2 aromatic rings. The number of hydrogen-bond acceptors (Lipinski definition) is 4. The summed E-state index contributed by atoms with van der Waals surface area (Å²) in [5.41, 5.74) is -0.382. The Hall–Kier alpha value is -2.40. The van der Waals surface area contributed by atoms with Gasteiger partial charge in [-0.15, -0.1) is 0 Å². The Bertz CT molecular complexity index is 939. The van der Waals surface area contributed by atoms with Crippen molar-refractivity contribution in [3.05, 3.63) is 53.7 Å². The van der Waals surface area contributed by atoms with E-state index in [0.717, 1.165) is 22.5 Å². The number of benzene rings is 1. The second-order valence-electron chi connectivity index (χ2n) is 6.09. The number of furan rings is 1. The number of nitrogens with zero attached hydrogens (tertiary/aromatic N) is 2. The first-order chi connectivity index (χ1) is 13.5. The minimum atomic E-state index is -4.70. The molecule has 1 amide bonds. The van der Waals surface area contributed by atoms with Crippen LogP contribution in [-0.4, -0.2) is 49.3 Å². The fourth-order valence-electron chi connectivity index (χ4n) is 2.73. The Kier molecular flexibility index (Phi) is 7.06. The molecule has 0 radical (unpaired) electrons. The number of hydrogen-bond donors (Lipinski definition) is 0. The van der Waals surface area contributed by atoms with Crippen molar-refractivity contribution >= 4 is 15.9 Å². The Morgan fingerprint density at radius 1 is 1.14 bits per heavy atom. The highest BCUT2D eigenvalue weighted by atomic mass is 32.2. The van der Waals surface area contributed by atoms with Crippen molar-refractivity contribution in [1.82, 2.24) is 9.21 Å². The van der Waals surface area contributed by atoms with Crippen LogP contribution in [0.4, 0.5) is 17.6 Å². The molecule has 160 valence electrons. The average Bonchev–Trinajstić information content (AvgIpc) is 3.13. The monoisotopic (exact) mass is 436 g/mol. The minimum Gasteiger partial charge on any atom is -0.467 e. The van der Waals surface area contributed by atoms with E-state index < -0.39 is 45.9 Å². The van der Waals surface area contributed by atoms with Crippen LogP contribution in [0.25, 0.3) is 0 Å². The molecule has 0 fully saturated rings. The van der Waals surface area contributed by atoms with Gasteiger partial charge >= 0.3 is 6.18 Å². The summed E-state index contributed by atoms with van der Waals surface area (Å²) in [5.74, 6) is -2.09. The molecule has 0 aliphatic heterocycles. The van der Waals surface area contributed by atoms with E-state index in [0.29, 0.717) is 4.90 Å². The summed E-state index contributed by atoms with van der Waals surface area (Å²) >= 11 is 0. The van der Waals surface area contributed by atoms with Crippen molar-refractivity contribution in [2.45, 2.75) is 31.5 Å². The zero-order valence-corrected chi connectivity index (χ0v) is 16.6. The van der Waals surface area contributed by atoms with Crippen molar-refractivity contribution in [3.63, 3.8) is 0 Å². The third-order valence-electron chi connectivity index (χ3n) is 4.09. The molecule has 29 heavy (non-hydrogen) atoms. The highest BCUT2D eigenvalue weighted by Crippen LogP contribution is 2.24. The molecule has 1 aromatic heterocycles. The van der Waals surface area contributed by atoms with E-state index >= 15 is 0 Å². The van der Waals surface area contributed by atoms with E-state index in [2.05, 4.69) is 0 Å². The maximum Gasteiger partial charge on any atom is 0.406 e. The van der Waals surface area contributed by atoms with Gasteiger partial charge in [-0.05, 0) is 30.3 Å². The van der Waals surface area contributed by atoms with E-state index in [-0.39, 0.29) is 24.4 Å². The van der Waals surface area contributed by atoms with Crippen LogP contribution >= 0.6 is 0 Å². The first-order valence-corrected chi connectivity index (χ1v) is 10.1. The summed E-state index contributed by atoms with van der Waals surface area (Å²) in [6.07, 6.45) is -3.45. The normalized spacial score (nSPS) is 12.4. The molecular formula is C18H20F4N2O4S. The first-order valence-electron chi connectivity index (χ1n) is 8.67. The van der Waals surface area contributed by atoms with Crippen molar-refractivity contribution < 1.29 is 35.2 Å². The predicted molar refractivity (Wildman–Crippen MR) is 96.0 cm³/mol. The van der Waals surface area contributed by atoms with Crippen LogP contribution in [0.2, 0.25) is 0 Å². The number of carbonyl (C=O) groups excluding carboxylic acids is 1. The van der Waals surface area contributed by atoms with Crippen molar-refractivity contribution in [3.8, 4) is 0 Å². The van der Waals surface area contributed by atoms with Gasteiger partial charge in [-0.3, -0.25) is 4.79 Å². The minimum absolute atomic E-state index is 0.0646. The van der Waals surface area contributed by atoms with E-state index in [1.54, 1.807) is 13.8 Å². The van der Waals surface area contributed by atoms with Crippen LogP contribution < -0.4 is 0 Å². The molecule has 1 heterocycles. The number of alkyl halides is 3. The van der Waals surface area contributed by atoms with Crippen LogP contribution in [0.15, 0.2) is 45.9 Å². The van der Waals surface area contributed by atoms with Crippen LogP contribution in [0.3, 0.4) is 0 Å². The zero-order chi connectivity index (χ0) is 21.8. The number of halogens is 4. The van der Waals surface area contributed by atoms with E-state index in [4.69, 9.17) is 4.42 Å². The van der Waals surface area contributed by atoms with Gasteiger partial charge in [0.25, 0.3) is 5.91 Å². The second-order valence-corrected chi connectivity index (χ2v) is 8.00. The second kappa shape index (κ2) is 8.95.